The van der Waals surface area contributed by atoms with Crippen LogP contribution in [0.15, 0.2) is 54.4 Å². The van der Waals surface area contributed by atoms with E-state index in [-0.39, 0.29) is 43.5 Å². The number of aromatic nitrogens is 1. The standard InChI is InChI=1S/C22H26NSi.C13H24O2.Ir/c1-15(2)24(5,6)20-7-8-21-18(14-20)9-10-23-22(21)19-12-16(3)11-17(4)13-19;1-5-10(6-2)12(14)9-13(15)11(7-3)8-4;/h7-12,14-15H,1-6H3;9-11,14H,5-8H2,1-4H3;/q-1;;/b;12-9-;. The largest absolute Gasteiger partial charge is 0.512 e. The first-order valence-corrected chi connectivity index (χ1v) is 17.8. The number of hydrogen-bond donors (Lipinski definition) is 1. The van der Waals surface area contributed by atoms with E-state index in [0.717, 1.165) is 48.0 Å². The number of carbonyl (C=O) groups excluding carboxylic acids is 1. The van der Waals surface area contributed by atoms with Gasteiger partial charge in [-0.25, -0.2) is 0 Å². The molecule has 0 saturated carbocycles. The third kappa shape index (κ3) is 9.22. The van der Waals surface area contributed by atoms with Crippen LogP contribution in [0.1, 0.15) is 78.4 Å². The molecule has 40 heavy (non-hydrogen) atoms. The van der Waals surface area contributed by atoms with Gasteiger partial charge < -0.3 is 10.1 Å². The Balaban J connectivity index is 0.000000437. The fourth-order valence-corrected chi connectivity index (χ4v) is 6.64. The van der Waals surface area contributed by atoms with E-state index in [2.05, 4.69) is 88.2 Å². The van der Waals surface area contributed by atoms with Crippen molar-refractivity contribution < 1.29 is 30.0 Å². The van der Waals surface area contributed by atoms with E-state index in [4.69, 9.17) is 0 Å². The van der Waals surface area contributed by atoms with Crippen LogP contribution in [0.3, 0.4) is 0 Å². The van der Waals surface area contributed by atoms with Gasteiger partial charge in [-0.2, -0.15) is 0 Å². The average molecular weight is 737 g/mol. The van der Waals surface area contributed by atoms with Gasteiger partial charge in [0.2, 0.25) is 0 Å². The monoisotopic (exact) mass is 737 g/mol. The summed E-state index contributed by atoms with van der Waals surface area (Å²) in [6.45, 7) is 21.9. The summed E-state index contributed by atoms with van der Waals surface area (Å²) in [5, 5.41) is 13.8. The van der Waals surface area contributed by atoms with E-state index in [1.165, 1.54) is 27.6 Å². The number of benzene rings is 2. The molecule has 5 heteroatoms. The topological polar surface area (TPSA) is 50.2 Å². The number of hydrogen-bond acceptors (Lipinski definition) is 3. The van der Waals surface area contributed by atoms with Gasteiger partial charge in [0.1, 0.15) is 0 Å². The van der Waals surface area contributed by atoms with Gasteiger partial charge in [0, 0.05) is 44.2 Å². The van der Waals surface area contributed by atoms with Gasteiger partial charge in [0.05, 0.1) is 13.8 Å². The van der Waals surface area contributed by atoms with Crippen LogP contribution in [0.5, 0.6) is 0 Å². The van der Waals surface area contributed by atoms with E-state index < -0.39 is 8.07 Å². The van der Waals surface area contributed by atoms with Crippen molar-refractivity contribution in [2.45, 2.75) is 99.7 Å². The second kappa shape index (κ2) is 16.4. The number of aryl methyl sites for hydroxylation is 2. The second-order valence-corrected chi connectivity index (χ2v) is 16.9. The quantitative estimate of drug-likeness (QED) is 0.0977. The van der Waals surface area contributed by atoms with E-state index in [9.17, 15) is 9.90 Å². The third-order valence-electron chi connectivity index (χ3n) is 8.44. The van der Waals surface area contributed by atoms with Crippen molar-refractivity contribution >= 4 is 29.8 Å². The van der Waals surface area contributed by atoms with E-state index >= 15 is 0 Å². The summed E-state index contributed by atoms with van der Waals surface area (Å²) in [5.74, 6) is 0.547. The molecule has 221 valence electrons. The van der Waals surface area contributed by atoms with Gasteiger partial charge >= 0.3 is 0 Å². The summed E-state index contributed by atoms with van der Waals surface area (Å²) < 4.78 is 0. The van der Waals surface area contributed by atoms with Crippen molar-refractivity contribution in [3.8, 4) is 11.3 Å². The molecule has 0 unspecified atom stereocenters. The minimum atomic E-state index is -1.42. The SMILES string of the molecule is CCC(CC)C(=O)/C=C(\O)C(CC)CC.Cc1[c-]c(-c2nccc3cc([Si](C)(C)C(C)C)ccc23)cc(C)c1.[Ir]. The molecule has 3 nitrogen and oxygen atoms in total. The molecule has 1 heterocycles. The molecular formula is C35H50IrNO2Si-. The van der Waals surface area contributed by atoms with Crippen LogP contribution in [-0.2, 0) is 24.9 Å². The molecule has 0 amide bonds. The molecule has 3 rings (SSSR count). The van der Waals surface area contributed by atoms with Gasteiger partial charge in [-0.1, -0.05) is 91.9 Å². The smallest absolute Gasteiger partial charge is 0.162 e. The fraction of sp³-hybridized carbons (Fsp3) is 0.486. The molecule has 2 aromatic carbocycles. The minimum absolute atomic E-state index is 0. The number of ketones is 1. The van der Waals surface area contributed by atoms with Gasteiger partial charge in [0.25, 0.3) is 0 Å². The molecular weight excluding hydrogens is 687 g/mol. The molecule has 0 bridgehead atoms. The molecule has 1 N–H and O–H groups in total. The zero-order chi connectivity index (χ0) is 29.3. The number of nitrogens with zero attached hydrogens (tertiary/aromatic N) is 1. The van der Waals surface area contributed by atoms with Crippen molar-refractivity contribution in [2.24, 2.45) is 11.8 Å². The molecule has 0 spiro atoms. The van der Waals surface area contributed by atoms with Gasteiger partial charge in [0.15, 0.2) is 5.78 Å². The number of rotatable bonds is 10. The van der Waals surface area contributed by atoms with Crippen LogP contribution in [0, 0.1) is 31.7 Å². The molecule has 0 aliphatic carbocycles. The molecule has 1 radical (unpaired) electrons. The molecule has 1 aromatic heterocycles. The number of allylic oxidation sites excluding steroid dienone is 2. The van der Waals surface area contributed by atoms with Crippen LogP contribution in [0.25, 0.3) is 22.0 Å². The Morgan fingerprint density at radius 3 is 2.08 bits per heavy atom. The fourth-order valence-electron chi connectivity index (χ4n) is 4.93. The Labute approximate surface area is 258 Å². The zero-order valence-corrected chi connectivity index (χ0v) is 29.7. The first-order chi connectivity index (χ1) is 18.4. The molecule has 3 aromatic rings. The van der Waals surface area contributed by atoms with E-state index in [0.29, 0.717) is 0 Å². The van der Waals surface area contributed by atoms with Crippen molar-refractivity contribution in [1.29, 1.82) is 0 Å². The molecule has 0 aliphatic heterocycles. The summed E-state index contributed by atoms with van der Waals surface area (Å²) >= 11 is 0. The number of pyridine rings is 1. The maximum Gasteiger partial charge on any atom is 0.162 e. The Hall–Kier alpha value is -2.07. The Morgan fingerprint density at radius 2 is 1.55 bits per heavy atom. The molecule has 0 aliphatic rings. The van der Waals surface area contributed by atoms with Crippen LogP contribution in [0.2, 0.25) is 18.6 Å². The van der Waals surface area contributed by atoms with Crippen LogP contribution in [0.4, 0.5) is 0 Å². The average Bonchev–Trinajstić information content (AvgIpc) is 2.89. The zero-order valence-electron chi connectivity index (χ0n) is 26.3. The third-order valence-corrected chi connectivity index (χ3v) is 13.1. The second-order valence-electron chi connectivity index (χ2n) is 11.7. The van der Waals surface area contributed by atoms with Gasteiger partial charge in [-0.15, -0.1) is 34.9 Å². The van der Waals surface area contributed by atoms with E-state index in [1.807, 2.05) is 33.9 Å². The van der Waals surface area contributed by atoms with Crippen LogP contribution < -0.4 is 5.19 Å². The van der Waals surface area contributed by atoms with Crippen molar-refractivity contribution in [3.63, 3.8) is 0 Å². The summed E-state index contributed by atoms with van der Waals surface area (Å²) in [5.41, 5.74) is 5.27. The predicted molar refractivity (Wildman–Crippen MR) is 172 cm³/mol. The first kappa shape index (κ1) is 36.0. The number of carbonyl (C=O) groups is 1. The van der Waals surface area contributed by atoms with Crippen LogP contribution in [-0.4, -0.2) is 23.9 Å². The Bertz CT molecular complexity index is 1250. The van der Waals surface area contributed by atoms with Crippen molar-refractivity contribution in [2.75, 3.05) is 0 Å². The van der Waals surface area contributed by atoms with Gasteiger partial charge in [-0.05, 0) is 53.8 Å². The molecule has 0 saturated heterocycles. The van der Waals surface area contributed by atoms with Crippen LogP contribution >= 0.6 is 0 Å². The summed E-state index contributed by atoms with van der Waals surface area (Å²) in [6.07, 6.45) is 6.83. The maximum absolute atomic E-state index is 11.7. The normalized spacial score (nSPS) is 12.0. The maximum atomic E-state index is 11.7. The Kier molecular flexibility index (Phi) is 14.7. The van der Waals surface area contributed by atoms with Crippen molar-refractivity contribution in [1.82, 2.24) is 4.98 Å². The number of aliphatic hydroxyl groups is 1. The minimum Gasteiger partial charge on any atom is -0.512 e. The summed E-state index contributed by atoms with van der Waals surface area (Å²) in [6, 6.07) is 16.9. The predicted octanol–water partition coefficient (Wildman–Crippen LogP) is 9.51. The number of fused-ring (bicyclic) bond motifs is 1. The van der Waals surface area contributed by atoms with E-state index in [1.54, 1.807) is 0 Å². The molecule has 0 fully saturated rings. The Morgan fingerprint density at radius 1 is 0.950 bits per heavy atom. The number of aliphatic hydroxyl groups excluding tert-OH is 1. The van der Waals surface area contributed by atoms with Gasteiger partial charge in [-0.3, -0.25) is 4.79 Å². The first-order valence-electron chi connectivity index (χ1n) is 14.7. The summed E-state index contributed by atoms with van der Waals surface area (Å²) in [7, 11) is -1.42. The summed E-state index contributed by atoms with van der Waals surface area (Å²) in [4.78, 5) is 16.4. The van der Waals surface area contributed by atoms with Crippen molar-refractivity contribution in [3.05, 3.63) is 71.6 Å². The molecule has 0 atom stereocenters.